The standard InChI is InChI=1S/C10H16O2/c1-4-5-6-7-12-10(11)8-9(2)3/h4-6,8,10-11H,1,7H2,2-3H3. The summed E-state index contributed by atoms with van der Waals surface area (Å²) in [5, 5.41) is 9.16. The van der Waals surface area contributed by atoms with Crippen molar-refractivity contribution in [3.05, 3.63) is 36.5 Å². The van der Waals surface area contributed by atoms with Crippen LogP contribution < -0.4 is 0 Å². The van der Waals surface area contributed by atoms with Crippen molar-refractivity contribution in [3.63, 3.8) is 0 Å². The third-order valence-electron chi connectivity index (χ3n) is 1.11. The smallest absolute Gasteiger partial charge is 0.174 e. The van der Waals surface area contributed by atoms with E-state index < -0.39 is 6.29 Å². The predicted molar refractivity (Wildman–Crippen MR) is 50.7 cm³/mol. The molecule has 12 heavy (non-hydrogen) atoms. The molecule has 0 aliphatic rings. The monoisotopic (exact) mass is 168 g/mol. The predicted octanol–water partition coefficient (Wildman–Crippen LogP) is 2.03. The minimum atomic E-state index is -0.801. The fourth-order valence-corrected chi connectivity index (χ4v) is 0.639. The van der Waals surface area contributed by atoms with E-state index in [-0.39, 0.29) is 0 Å². The van der Waals surface area contributed by atoms with Crippen LogP contribution in [0, 0.1) is 0 Å². The summed E-state index contributed by atoms with van der Waals surface area (Å²) in [6, 6.07) is 0. The maximum atomic E-state index is 9.16. The van der Waals surface area contributed by atoms with Crippen LogP contribution in [0.4, 0.5) is 0 Å². The highest BCUT2D eigenvalue weighted by Crippen LogP contribution is 1.95. The third-order valence-corrected chi connectivity index (χ3v) is 1.11. The minimum absolute atomic E-state index is 0.400. The molecule has 0 aromatic rings. The van der Waals surface area contributed by atoms with E-state index in [1.807, 2.05) is 13.8 Å². The Labute approximate surface area is 73.9 Å². The van der Waals surface area contributed by atoms with Gasteiger partial charge in [0.1, 0.15) is 0 Å². The van der Waals surface area contributed by atoms with Gasteiger partial charge in [0, 0.05) is 0 Å². The Hall–Kier alpha value is -0.860. The summed E-state index contributed by atoms with van der Waals surface area (Å²) in [5.41, 5.74) is 1.04. The zero-order chi connectivity index (χ0) is 9.40. The maximum absolute atomic E-state index is 9.16. The quantitative estimate of drug-likeness (QED) is 0.386. The summed E-state index contributed by atoms with van der Waals surface area (Å²) in [7, 11) is 0. The van der Waals surface area contributed by atoms with Gasteiger partial charge in [0.25, 0.3) is 0 Å². The van der Waals surface area contributed by atoms with Crippen molar-refractivity contribution in [1.82, 2.24) is 0 Å². The Balaban J connectivity index is 3.57. The number of hydrogen-bond acceptors (Lipinski definition) is 2. The molecule has 1 unspecified atom stereocenters. The molecule has 1 atom stereocenters. The van der Waals surface area contributed by atoms with Crippen LogP contribution in [0.3, 0.4) is 0 Å². The first-order valence-corrected chi connectivity index (χ1v) is 3.89. The minimum Gasteiger partial charge on any atom is -0.365 e. The molecule has 2 nitrogen and oxygen atoms in total. The lowest BCUT2D eigenvalue weighted by atomic mass is 10.3. The van der Waals surface area contributed by atoms with Gasteiger partial charge in [-0.1, -0.05) is 30.4 Å². The number of allylic oxidation sites excluding steroid dienone is 3. The fraction of sp³-hybridized carbons (Fsp3) is 0.400. The van der Waals surface area contributed by atoms with E-state index in [0.29, 0.717) is 6.61 Å². The molecule has 2 heteroatoms. The largest absolute Gasteiger partial charge is 0.365 e. The number of aliphatic hydroxyl groups is 1. The Kier molecular flexibility index (Phi) is 6.34. The number of rotatable bonds is 5. The second kappa shape index (κ2) is 6.83. The molecule has 0 aliphatic carbocycles. The second-order valence-corrected chi connectivity index (χ2v) is 2.63. The first-order valence-electron chi connectivity index (χ1n) is 3.89. The molecular formula is C10H16O2. The molecular weight excluding hydrogens is 152 g/mol. The van der Waals surface area contributed by atoms with Gasteiger partial charge in [-0.15, -0.1) is 0 Å². The summed E-state index contributed by atoms with van der Waals surface area (Å²) >= 11 is 0. The van der Waals surface area contributed by atoms with Gasteiger partial charge in [0.2, 0.25) is 0 Å². The highest BCUT2D eigenvalue weighted by atomic mass is 16.6. The van der Waals surface area contributed by atoms with Crippen molar-refractivity contribution in [2.24, 2.45) is 0 Å². The Bertz CT molecular complexity index is 176. The van der Waals surface area contributed by atoms with Gasteiger partial charge in [-0.3, -0.25) is 0 Å². The van der Waals surface area contributed by atoms with Crippen LogP contribution >= 0.6 is 0 Å². The molecule has 0 radical (unpaired) electrons. The van der Waals surface area contributed by atoms with Gasteiger partial charge in [-0.2, -0.15) is 0 Å². The molecule has 0 aromatic heterocycles. The van der Waals surface area contributed by atoms with Crippen molar-refractivity contribution in [2.75, 3.05) is 6.61 Å². The molecule has 0 saturated carbocycles. The SMILES string of the molecule is C=CC=CCOC(O)C=C(C)C. The van der Waals surface area contributed by atoms with Gasteiger partial charge < -0.3 is 9.84 Å². The van der Waals surface area contributed by atoms with E-state index in [2.05, 4.69) is 6.58 Å². The van der Waals surface area contributed by atoms with E-state index in [0.717, 1.165) is 5.57 Å². The second-order valence-electron chi connectivity index (χ2n) is 2.63. The molecule has 68 valence electrons. The Morgan fingerprint density at radius 2 is 2.25 bits per heavy atom. The lowest BCUT2D eigenvalue weighted by molar-refractivity contribution is -0.0527. The highest BCUT2D eigenvalue weighted by molar-refractivity contribution is 4.98. The summed E-state index contributed by atoms with van der Waals surface area (Å²) in [5.74, 6) is 0. The first-order chi connectivity index (χ1) is 5.66. The normalized spacial score (nSPS) is 12.9. The summed E-state index contributed by atoms with van der Waals surface area (Å²) in [4.78, 5) is 0. The van der Waals surface area contributed by atoms with Gasteiger partial charge in [-0.25, -0.2) is 0 Å². The van der Waals surface area contributed by atoms with Crippen LogP contribution in [0.2, 0.25) is 0 Å². The Morgan fingerprint density at radius 3 is 2.75 bits per heavy atom. The lowest BCUT2D eigenvalue weighted by Crippen LogP contribution is -2.08. The summed E-state index contributed by atoms with van der Waals surface area (Å²) in [6.45, 7) is 7.73. The average molecular weight is 168 g/mol. The molecule has 0 saturated heterocycles. The van der Waals surface area contributed by atoms with E-state index in [9.17, 15) is 0 Å². The molecule has 0 spiro atoms. The third kappa shape index (κ3) is 7.25. The van der Waals surface area contributed by atoms with Gasteiger partial charge in [-0.05, 0) is 19.9 Å². The van der Waals surface area contributed by atoms with Crippen molar-refractivity contribution in [2.45, 2.75) is 20.1 Å². The van der Waals surface area contributed by atoms with Crippen molar-refractivity contribution in [1.29, 1.82) is 0 Å². The van der Waals surface area contributed by atoms with Crippen LogP contribution in [0.1, 0.15) is 13.8 Å². The van der Waals surface area contributed by atoms with Crippen LogP contribution in [-0.2, 0) is 4.74 Å². The molecule has 1 N–H and O–H groups in total. The van der Waals surface area contributed by atoms with Gasteiger partial charge in [0.15, 0.2) is 6.29 Å². The zero-order valence-corrected chi connectivity index (χ0v) is 7.66. The topological polar surface area (TPSA) is 29.5 Å². The average Bonchev–Trinajstić information content (AvgIpc) is 1.97. The van der Waals surface area contributed by atoms with E-state index in [1.165, 1.54) is 0 Å². The van der Waals surface area contributed by atoms with Gasteiger partial charge in [0.05, 0.1) is 6.61 Å². The fourth-order valence-electron chi connectivity index (χ4n) is 0.639. The molecule has 0 amide bonds. The van der Waals surface area contributed by atoms with Crippen molar-refractivity contribution < 1.29 is 9.84 Å². The van der Waals surface area contributed by atoms with Crippen LogP contribution in [0.5, 0.6) is 0 Å². The van der Waals surface area contributed by atoms with Crippen molar-refractivity contribution >= 4 is 0 Å². The van der Waals surface area contributed by atoms with Gasteiger partial charge >= 0.3 is 0 Å². The number of aliphatic hydroxyl groups excluding tert-OH is 1. The molecule has 0 heterocycles. The molecule has 0 fully saturated rings. The van der Waals surface area contributed by atoms with Crippen molar-refractivity contribution in [3.8, 4) is 0 Å². The van der Waals surface area contributed by atoms with Crippen LogP contribution in [-0.4, -0.2) is 18.0 Å². The number of hydrogen-bond donors (Lipinski definition) is 1. The highest BCUT2D eigenvalue weighted by Gasteiger charge is 1.95. The zero-order valence-electron chi connectivity index (χ0n) is 7.66. The molecule has 0 aromatic carbocycles. The van der Waals surface area contributed by atoms with E-state index in [1.54, 1.807) is 24.3 Å². The molecule has 0 aliphatic heterocycles. The first kappa shape index (κ1) is 11.1. The number of ether oxygens (including phenoxy) is 1. The van der Waals surface area contributed by atoms with E-state index >= 15 is 0 Å². The molecule has 0 rings (SSSR count). The Morgan fingerprint density at radius 1 is 1.58 bits per heavy atom. The molecule has 0 bridgehead atoms. The van der Waals surface area contributed by atoms with Crippen LogP contribution in [0.25, 0.3) is 0 Å². The summed E-state index contributed by atoms with van der Waals surface area (Å²) < 4.78 is 5.00. The maximum Gasteiger partial charge on any atom is 0.174 e. The summed E-state index contributed by atoms with van der Waals surface area (Å²) in [6.07, 6.45) is 6.08. The van der Waals surface area contributed by atoms with Crippen LogP contribution in [0.15, 0.2) is 36.5 Å². The van der Waals surface area contributed by atoms with E-state index in [4.69, 9.17) is 9.84 Å². The lowest BCUT2D eigenvalue weighted by Gasteiger charge is -2.05.